The number of rotatable bonds is 9. The zero-order valence-corrected chi connectivity index (χ0v) is 15.5. The smallest absolute Gasteiger partial charge is 0.160 e. The Morgan fingerprint density at radius 3 is 2.30 bits per heavy atom. The molecule has 0 amide bonds. The summed E-state index contributed by atoms with van der Waals surface area (Å²) in [7, 11) is 3.35. The van der Waals surface area contributed by atoms with Gasteiger partial charge in [0.2, 0.25) is 0 Å². The van der Waals surface area contributed by atoms with Crippen molar-refractivity contribution in [3.8, 4) is 11.5 Å². The van der Waals surface area contributed by atoms with Gasteiger partial charge in [-0.25, -0.2) is 0 Å². The molecule has 0 bridgehead atoms. The van der Waals surface area contributed by atoms with Crippen LogP contribution in [-0.4, -0.2) is 19.5 Å². The molecule has 2 aromatic carbocycles. The van der Waals surface area contributed by atoms with Crippen molar-refractivity contribution in [2.75, 3.05) is 19.5 Å². The van der Waals surface area contributed by atoms with Gasteiger partial charge in [-0.2, -0.15) is 0 Å². The van der Waals surface area contributed by atoms with Crippen LogP contribution in [0.1, 0.15) is 24.0 Å². The number of halogens is 1. The lowest BCUT2D eigenvalue weighted by molar-refractivity contribution is 0.354. The fraction of sp³-hybridized carbons (Fsp3) is 0.400. The fourth-order valence-electron chi connectivity index (χ4n) is 2.81. The second-order valence-corrected chi connectivity index (χ2v) is 6.44. The van der Waals surface area contributed by atoms with E-state index < -0.39 is 0 Å². The lowest BCUT2D eigenvalue weighted by atomic mass is 9.94. The highest BCUT2D eigenvalue weighted by molar-refractivity contribution is 9.09. The van der Waals surface area contributed by atoms with E-state index in [0.717, 1.165) is 29.7 Å². The third-order valence-corrected chi connectivity index (χ3v) is 5.03. The molecule has 2 aromatic rings. The first kappa shape index (κ1) is 17.9. The number of benzene rings is 2. The normalized spacial score (nSPS) is 12.0. The van der Waals surface area contributed by atoms with E-state index in [1.807, 2.05) is 6.07 Å². The van der Waals surface area contributed by atoms with E-state index >= 15 is 0 Å². The second kappa shape index (κ2) is 9.61. The Labute approximate surface area is 148 Å². The number of methoxy groups -OCH3 is 2. The molecule has 0 saturated heterocycles. The van der Waals surface area contributed by atoms with Crippen LogP contribution >= 0.6 is 15.9 Å². The predicted octanol–water partition coefficient (Wildman–Crippen LogP) is 5.28. The monoisotopic (exact) mass is 376 g/mol. The van der Waals surface area contributed by atoms with Crippen molar-refractivity contribution in [3.63, 3.8) is 0 Å². The summed E-state index contributed by atoms with van der Waals surface area (Å²) in [5.74, 6) is 2.28. The van der Waals surface area contributed by atoms with Gasteiger partial charge in [0.25, 0.3) is 0 Å². The highest BCUT2D eigenvalue weighted by atomic mass is 79.9. The summed E-state index contributed by atoms with van der Waals surface area (Å²) in [5.41, 5.74) is 2.72. The van der Waals surface area contributed by atoms with Gasteiger partial charge in [0.1, 0.15) is 0 Å². The van der Waals surface area contributed by atoms with E-state index in [0.29, 0.717) is 5.92 Å². The Morgan fingerprint density at radius 1 is 0.913 bits per heavy atom. The Morgan fingerprint density at radius 2 is 1.65 bits per heavy atom. The van der Waals surface area contributed by atoms with E-state index in [2.05, 4.69) is 58.4 Å². The maximum absolute atomic E-state index is 5.37. The minimum Gasteiger partial charge on any atom is -0.493 e. The standard InChI is InChI=1S/C20H25BrO2/c1-22-19-12-11-17(14-20(19)23-2)9-6-10-18(15-21)13-16-7-4-3-5-8-16/h3-5,7-8,11-12,14,18H,6,9-10,13,15H2,1-2H3. The predicted molar refractivity (Wildman–Crippen MR) is 99.9 cm³/mol. The van der Waals surface area contributed by atoms with E-state index in [-0.39, 0.29) is 0 Å². The molecular weight excluding hydrogens is 352 g/mol. The van der Waals surface area contributed by atoms with Gasteiger partial charge in [-0.3, -0.25) is 0 Å². The second-order valence-electron chi connectivity index (χ2n) is 5.79. The molecule has 2 rings (SSSR count). The van der Waals surface area contributed by atoms with Gasteiger partial charge in [0.05, 0.1) is 14.2 Å². The van der Waals surface area contributed by atoms with E-state index in [1.165, 1.54) is 24.0 Å². The average molecular weight is 377 g/mol. The zero-order chi connectivity index (χ0) is 16.5. The van der Waals surface area contributed by atoms with Crippen molar-refractivity contribution in [1.82, 2.24) is 0 Å². The maximum atomic E-state index is 5.37. The molecule has 0 aliphatic carbocycles. The molecule has 3 heteroatoms. The molecular formula is C20H25BrO2. The first-order valence-corrected chi connectivity index (χ1v) is 9.19. The van der Waals surface area contributed by atoms with Gasteiger partial charge in [-0.05, 0) is 54.9 Å². The van der Waals surface area contributed by atoms with Crippen LogP contribution in [0.5, 0.6) is 11.5 Å². The van der Waals surface area contributed by atoms with Crippen molar-refractivity contribution < 1.29 is 9.47 Å². The fourth-order valence-corrected chi connectivity index (χ4v) is 3.36. The van der Waals surface area contributed by atoms with Crippen LogP contribution in [0.3, 0.4) is 0 Å². The minimum absolute atomic E-state index is 0.678. The van der Waals surface area contributed by atoms with Crippen molar-refractivity contribution in [2.24, 2.45) is 5.92 Å². The molecule has 0 fully saturated rings. The number of hydrogen-bond acceptors (Lipinski definition) is 2. The first-order valence-electron chi connectivity index (χ1n) is 8.07. The summed E-state index contributed by atoms with van der Waals surface area (Å²) in [6.07, 6.45) is 4.60. The van der Waals surface area contributed by atoms with Crippen molar-refractivity contribution in [1.29, 1.82) is 0 Å². The number of ether oxygens (including phenoxy) is 2. The average Bonchev–Trinajstić information content (AvgIpc) is 2.61. The van der Waals surface area contributed by atoms with Gasteiger partial charge < -0.3 is 9.47 Å². The van der Waals surface area contributed by atoms with Crippen LogP contribution in [-0.2, 0) is 12.8 Å². The molecule has 0 N–H and O–H groups in total. The van der Waals surface area contributed by atoms with Gasteiger partial charge in [0.15, 0.2) is 11.5 Å². The van der Waals surface area contributed by atoms with Gasteiger partial charge in [-0.1, -0.05) is 52.3 Å². The Bertz CT molecular complexity index is 583. The van der Waals surface area contributed by atoms with Gasteiger partial charge in [-0.15, -0.1) is 0 Å². The van der Waals surface area contributed by atoms with Gasteiger partial charge in [0, 0.05) is 5.33 Å². The molecule has 0 aromatic heterocycles. The topological polar surface area (TPSA) is 18.5 Å². The van der Waals surface area contributed by atoms with Crippen LogP contribution < -0.4 is 9.47 Å². The summed E-state index contributed by atoms with van der Waals surface area (Å²) in [6.45, 7) is 0. The lowest BCUT2D eigenvalue weighted by Gasteiger charge is -2.14. The molecule has 0 spiro atoms. The number of aryl methyl sites for hydroxylation is 1. The zero-order valence-electron chi connectivity index (χ0n) is 13.9. The highest BCUT2D eigenvalue weighted by Crippen LogP contribution is 2.28. The van der Waals surface area contributed by atoms with Crippen LogP contribution in [0.2, 0.25) is 0 Å². The van der Waals surface area contributed by atoms with Crippen LogP contribution in [0, 0.1) is 5.92 Å². The van der Waals surface area contributed by atoms with E-state index in [4.69, 9.17) is 9.47 Å². The third-order valence-electron chi connectivity index (χ3n) is 4.11. The molecule has 23 heavy (non-hydrogen) atoms. The molecule has 0 heterocycles. The third kappa shape index (κ3) is 5.58. The molecule has 1 atom stereocenters. The molecule has 124 valence electrons. The Kier molecular flexibility index (Phi) is 7.47. The summed E-state index contributed by atoms with van der Waals surface area (Å²) >= 11 is 3.66. The molecule has 0 aliphatic heterocycles. The summed E-state index contributed by atoms with van der Waals surface area (Å²) in [6, 6.07) is 16.9. The van der Waals surface area contributed by atoms with E-state index in [1.54, 1.807) is 14.2 Å². The van der Waals surface area contributed by atoms with Crippen molar-refractivity contribution in [2.45, 2.75) is 25.7 Å². The molecule has 0 saturated carbocycles. The maximum Gasteiger partial charge on any atom is 0.160 e. The van der Waals surface area contributed by atoms with Crippen LogP contribution in [0.4, 0.5) is 0 Å². The first-order chi connectivity index (χ1) is 11.3. The largest absolute Gasteiger partial charge is 0.493 e. The van der Waals surface area contributed by atoms with E-state index in [9.17, 15) is 0 Å². The molecule has 0 aliphatic rings. The van der Waals surface area contributed by atoms with Gasteiger partial charge >= 0.3 is 0 Å². The van der Waals surface area contributed by atoms with Crippen molar-refractivity contribution >= 4 is 15.9 Å². The number of alkyl halides is 1. The van der Waals surface area contributed by atoms with Crippen molar-refractivity contribution in [3.05, 3.63) is 59.7 Å². The summed E-state index contributed by atoms with van der Waals surface area (Å²) < 4.78 is 10.7. The lowest BCUT2D eigenvalue weighted by Crippen LogP contribution is -2.07. The summed E-state index contributed by atoms with van der Waals surface area (Å²) in [4.78, 5) is 0. The van der Waals surface area contributed by atoms with Crippen LogP contribution in [0.15, 0.2) is 48.5 Å². The highest BCUT2D eigenvalue weighted by Gasteiger charge is 2.09. The molecule has 1 unspecified atom stereocenters. The Balaban J connectivity index is 1.85. The summed E-state index contributed by atoms with van der Waals surface area (Å²) in [5, 5.41) is 1.05. The Hall–Kier alpha value is -1.48. The number of hydrogen-bond donors (Lipinski definition) is 0. The quantitative estimate of drug-likeness (QED) is 0.554. The molecule has 0 radical (unpaired) electrons. The minimum atomic E-state index is 0.678. The SMILES string of the molecule is COc1ccc(CCCC(CBr)Cc2ccccc2)cc1OC. The molecule has 2 nitrogen and oxygen atoms in total. The van der Waals surface area contributed by atoms with Crippen LogP contribution in [0.25, 0.3) is 0 Å².